The monoisotopic (exact) mass is 322 g/mol. The van der Waals surface area contributed by atoms with Crippen molar-refractivity contribution < 1.29 is 0 Å². The molecule has 0 aromatic heterocycles. The van der Waals surface area contributed by atoms with Gasteiger partial charge in [0.25, 0.3) is 0 Å². The molecule has 0 bridgehead atoms. The Morgan fingerprint density at radius 1 is 1.11 bits per heavy atom. The first-order valence-electron chi connectivity index (χ1n) is 5.47. The fraction of sp³-hybridized carbons (Fsp3) is 0.0714. The van der Waals surface area contributed by atoms with Gasteiger partial charge in [-0.25, -0.2) is 0 Å². The zero-order valence-electron chi connectivity index (χ0n) is 9.82. The van der Waals surface area contributed by atoms with Crippen LogP contribution in [0.5, 0.6) is 0 Å². The van der Waals surface area contributed by atoms with Crippen molar-refractivity contribution in [1.82, 2.24) is 0 Å². The third-order valence-electron chi connectivity index (χ3n) is 2.46. The van der Waals surface area contributed by atoms with Crippen LogP contribution in [0.25, 0.3) is 0 Å². The van der Waals surface area contributed by atoms with E-state index < -0.39 is 0 Å². The number of halogens is 2. The Morgan fingerprint density at radius 3 is 2.44 bits per heavy atom. The van der Waals surface area contributed by atoms with Gasteiger partial charge >= 0.3 is 0 Å². The van der Waals surface area contributed by atoms with E-state index in [-0.39, 0.29) is 0 Å². The van der Waals surface area contributed by atoms with Gasteiger partial charge in [0, 0.05) is 15.1 Å². The lowest BCUT2D eigenvalue weighted by atomic mass is 10.1. The Kier molecular flexibility index (Phi) is 4.39. The molecule has 0 amide bonds. The number of hydrazone groups is 1. The van der Waals surface area contributed by atoms with Gasteiger partial charge in [-0.3, -0.25) is 5.43 Å². The molecule has 0 atom stereocenters. The third kappa shape index (κ3) is 3.34. The maximum Gasteiger partial charge on any atom is 0.0663 e. The van der Waals surface area contributed by atoms with Gasteiger partial charge in [0.2, 0.25) is 0 Å². The molecule has 4 heteroatoms. The summed E-state index contributed by atoms with van der Waals surface area (Å²) in [6.45, 7) is 1.92. The molecule has 0 aliphatic rings. The minimum absolute atomic E-state index is 0.705. The van der Waals surface area contributed by atoms with Gasteiger partial charge in [0.05, 0.1) is 11.4 Å². The van der Waals surface area contributed by atoms with Gasteiger partial charge in [-0.2, -0.15) is 5.10 Å². The van der Waals surface area contributed by atoms with E-state index in [0.717, 1.165) is 21.4 Å². The van der Waals surface area contributed by atoms with Crippen LogP contribution in [-0.2, 0) is 0 Å². The van der Waals surface area contributed by atoms with Gasteiger partial charge in [-0.1, -0.05) is 45.7 Å². The Bertz CT molecular complexity index is 564. The van der Waals surface area contributed by atoms with Crippen molar-refractivity contribution in [2.45, 2.75) is 6.92 Å². The molecule has 0 heterocycles. The second-order valence-corrected chi connectivity index (χ2v) is 5.12. The van der Waals surface area contributed by atoms with Crippen LogP contribution in [0, 0.1) is 0 Å². The van der Waals surface area contributed by atoms with E-state index in [1.165, 1.54) is 0 Å². The first-order chi connectivity index (χ1) is 8.66. The van der Waals surface area contributed by atoms with Crippen molar-refractivity contribution >= 4 is 38.9 Å². The molecule has 0 aliphatic carbocycles. The lowest BCUT2D eigenvalue weighted by molar-refractivity contribution is 1.32. The van der Waals surface area contributed by atoms with Gasteiger partial charge < -0.3 is 0 Å². The van der Waals surface area contributed by atoms with Crippen LogP contribution in [0.2, 0.25) is 5.02 Å². The Balaban J connectivity index is 2.14. The maximum atomic E-state index is 6.11. The number of anilines is 1. The largest absolute Gasteiger partial charge is 0.278 e. The molecule has 0 aliphatic heterocycles. The lowest BCUT2D eigenvalue weighted by Gasteiger charge is -2.05. The summed E-state index contributed by atoms with van der Waals surface area (Å²) < 4.78 is 1.04. The van der Waals surface area contributed by atoms with Crippen LogP contribution in [0.4, 0.5) is 5.69 Å². The summed E-state index contributed by atoms with van der Waals surface area (Å²) >= 11 is 9.50. The number of hydrogen-bond acceptors (Lipinski definition) is 2. The van der Waals surface area contributed by atoms with Crippen molar-refractivity contribution in [2.75, 3.05) is 5.43 Å². The van der Waals surface area contributed by atoms with E-state index >= 15 is 0 Å². The van der Waals surface area contributed by atoms with Crippen LogP contribution in [0.1, 0.15) is 12.5 Å². The van der Waals surface area contributed by atoms with Crippen molar-refractivity contribution in [2.24, 2.45) is 5.10 Å². The van der Waals surface area contributed by atoms with Gasteiger partial charge in [-0.15, -0.1) is 0 Å². The smallest absolute Gasteiger partial charge is 0.0663 e. The highest BCUT2D eigenvalue weighted by atomic mass is 79.9. The SMILES string of the molecule is C/C(=N\Nc1ccc(Br)cc1)c1ccccc1Cl. The number of nitrogens with one attached hydrogen (secondary N) is 1. The third-order valence-corrected chi connectivity index (χ3v) is 3.32. The predicted octanol–water partition coefficient (Wildman–Crippen LogP) is 4.94. The summed E-state index contributed by atoms with van der Waals surface area (Å²) in [7, 11) is 0. The molecule has 2 rings (SSSR count). The van der Waals surface area contributed by atoms with Crippen LogP contribution < -0.4 is 5.43 Å². The number of rotatable bonds is 3. The van der Waals surface area contributed by atoms with E-state index in [1.807, 2.05) is 55.5 Å². The molecule has 0 unspecified atom stereocenters. The quantitative estimate of drug-likeness (QED) is 0.628. The summed E-state index contributed by atoms with van der Waals surface area (Å²) in [6.07, 6.45) is 0. The molecule has 18 heavy (non-hydrogen) atoms. The molecule has 92 valence electrons. The molecule has 2 nitrogen and oxygen atoms in total. The van der Waals surface area contributed by atoms with Crippen molar-refractivity contribution in [3.8, 4) is 0 Å². The van der Waals surface area contributed by atoms with E-state index in [1.54, 1.807) is 0 Å². The molecule has 2 aromatic rings. The highest BCUT2D eigenvalue weighted by molar-refractivity contribution is 9.10. The fourth-order valence-electron chi connectivity index (χ4n) is 1.49. The standard InChI is InChI=1S/C14H12BrClN2/c1-10(13-4-2-3-5-14(13)16)17-18-12-8-6-11(15)7-9-12/h2-9,18H,1H3/b17-10+. The molecule has 0 saturated heterocycles. The van der Waals surface area contributed by atoms with Crippen molar-refractivity contribution in [1.29, 1.82) is 0 Å². The minimum Gasteiger partial charge on any atom is -0.278 e. The summed E-state index contributed by atoms with van der Waals surface area (Å²) in [5.41, 5.74) is 5.73. The zero-order chi connectivity index (χ0) is 13.0. The fourth-order valence-corrected chi connectivity index (χ4v) is 2.02. The minimum atomic E-state index is 0.705. The predicted molar refractivity (Wildman–Crippen MR) is 81.4 cm³/mol. The highest BCUT2D eigenvalue weighted by Gasteiger charge is 2.02. The van der Waals surface area contributed by atoms with Crippen LogP contribution in [-0.4, -0.2) is 5.71 Å². The topological polar surface area (TPSA) is 24.4 Å². The van der Waals surface area contributed by atoms with E-state index in [4.69, 9.17) is 11.6 Å². The highest BCUT2D eigenvalue weighted by Crippen LogP contribution is 2.17. The maximum absolute atomic E-state index is 6.11. The lowest BCUT2D eigenvalue weighted by Crippen LogP contribution is -2.00. The molecule has 0 saturated carbocycles. The second-order valence-electron chi connectivity index (χ2n) is 3.80. The number of benzene rings is 2. The molecular weight excluding hydrogens is 312 g/mol. The number of hydrogen-bond donors (Lipinski definition) is 1. The molecule has 1 N–H and O–H groups in total. The first kappa shape index (κ1) is 13.1. The number of nitrogens with zero attached hydrogens (tertiary/aromatic N) is 1. The van der Waals surface area contributed by atoms with Gasteiger partial charge in [0.1, 0.15) is 0 Å². The normalized spacial score (nSPS) is 11.4. The first-order valence-corrected chi connectivity index (χ1v) is 6.64. The van der Waals surface area contributed by atoms with Crippen LogP contribution >= 0.6 is 27.5 Å². The summed E-state index contributed by atoms with van der Waals surface area (Å²) in [6, 6.07) is 15.5. The van der Waals surface area contributed by atoms with Crippen LogP contribution in [0.15, 0.2) is 58.1 Å². The molecule has 2 aromatic carbocycles. The Morgan fingerprint density at radius 2 is 1.78 bits per heavy atom. The van der Waals surface area contributed by atoms with Gasteiger partial charge in [0.15, 0.2) is 0 Å². The Hall–Kier alpha value is -1.32. The van der Waals surface area contributed by atoms with E-state index in [9.17, 15) is 0 Å². The van der Waals surface area contributed by atoms with Gasteiger partial charge in [-0.05, 0) is 37.3 Å². The molecule has 0 radical (unpaired) electrons. The van der Waals surface area contributed by atoms with Crippen molar-refractivity contribution in [3.05, 3.63) is 63.6 Å². The molecule has 0 fully saturated rings. The van der Waals surface area contributed by atoms with E-state index in [0.29, 0.717) is 5.02 Å². The summed E-state index contributed by atoms with van der Waals surface area (Å²) in [5, 5.41) is 5.03. The average molecular weight is 324 g/mol. The summed E-state index contributed by atoms with van der Waals surface area (Å²) in [4.78, 5) is 0. The Labute approximate surface area is 120 Å². The zero-order valence-corrected chi connectivity index (χ0v) is 12.2. The van der Waals surface area contributed by atoms with E-state index in [2.05, 4.69) is 26.5 Å². The van der Waals surface area contributed by atoms with Crippen molar-refractivity contribution in [3.63, 3.8) is 0 Å². The van der Waals surface area contributed by atoms with Crippen LogP contribution in [0.3, 0.4) is 0 Å². The molecular formula is C14H12BrClN2. The summed E-state index contributed by atoms with van der Waals surface area (Å²) in [5.74, 6) is 0. The molecule has 0 spiro atoms. The second kappa shape index (κ2) is 6.03. The average Bonchev–Trinajstić information content (AvgIpc) is 2.38.